The molecule has 0 amide bonds. The normalized spacial score (nSPS) is 34.3. The van der Waals surface area contributed by atoms with Gasteiger partial charge < -0.3 is 28.5 Å². The van der Waals surface area contributed by atoms with Crippen molar-refractivity contribution in [3.8, 4) is 17.1 Å². The lowest BCUT2D eigenvalue weighted by atomic mass is 9.42. The molecular formula is C40H40FNO8. The number of nitrogens with zero attached hydrogens (tertiary/aromatic N) is 1. The highest BCUT2D eigenvalue weighted by Gasteiger charge is 2.71. The molecule has 2 saturated carbocycles. The summed E-state index contributed by atoms with van der Waals surface area (Å²) in [6.07, 6.45) is 2.05. The monoisotopic (exact) mass is 681 g/mol. The Labute approximate surface area is 289 Å². The number of benzene rings is 2. The third kappa shape index (κ3) is 5.10. The summed E-state index contributed by atoms with van der Waals surface area (Å²) in [4.78, 5) is 31.5. The third-order valence-electron chi connectivity index (χ3n) is 12.0. The number of ether oxygens (including phenoxy) is 4. The Balaban J connectivity index is 1.20. The number of pyridine rings is 1. The van der Waals surface area contributed by atoms with Gasteiger partial charge in [0.2, 0.25) is 0 Å². The standard InChI is InChI=1S/C40H40FNO8/c1-22-7-9-24(10-8-22)37-46-21-39(3)29-19-31(48-35(44)23-11-13-26(41)14-12-23)40(4)34(38(29,2)16-15-30(39)49-37)33(43)32-28(50-40)18-27(47-36(32)45)25-6-5-17-42-20-25/h5-14,17-18,20,29-31,33-34,37,43H,15-16,19,21H2,1-4H3/t29?,30-,31-,33?,34?,37+,38-,39-,40+/m0/s1. The number of carbonyl (C=O) groups is 1. The van der Waals surface area contributed by atoms with Crippen LogP contribution in [0.15, 0.2) is 88.3 Å². The second kappa shape index (κ2) is 11.9. The molecule has 9 nitrogen and oxygen atoms in total. The van der Waals surface area contributed by atoms with E-state index in [1.807, 2.05) is 38.1 Å². The zero-order chi connectivity index (χ0) is 35.0. The molecule has 50 heavy (non-hydrogen) atoms. The summed E-state index contributed by atoms with van der Waals surface area (Å²) in [6.45, 7) is 8.54. The molecule has 4 aliphatic rings. The maximum absolute atomic E-state index is 13.8. The summed E-state index contributed by atoms with van der Waals surface area (Å²) in [5.74, 6) is -1.57. The van der Waals surface area contributed by atoms with Crippen LogP contribution in [0.25, 0.3) is 11.3 Å². The summed E-state index contributed by atoms with van der Waals surface area (Å²) >= 11 is 0. The summed E-state index contributed by atoms with van der Waals surface area (Å²) in [7, 11) is 0. The molecule has 10 heteroatoms. The lowest BCUT2D eigenvalue weighted by Gasteiger charge is -2.67. The van der Waals surface area contributed by atoms with Gasteiger partial charge in [-0.1, -0.05) is 43.7 Å². The average Bonchev–Trinajstić information content (AvgIpc) is 3.09. The molecule has 4 aromatic rings. The van der Waals surface area contributed by atoms with Crippen molar-refractivity contribution >= 4 is 5.97 Å². The molecule has 0 radical (unpaired) electrons. The molecule has 2 aromatic carbocycles. The number of aryl methyl sites for hydroxylation is 1. The van der Waals surface area contributed by atoms with Gasteiger partial charge >= 0.3 is 11.6 Å². The molecule has 0 spiro atoms. The molecular weight excluding hydrogens is 641 g/mol. The molecule has 1 saturated heterocycles. The summed E-state index contributed by atoms with van der Waals surface area (Å²) in [5, 5.41) is 12.4. The first-order chi connectivity index (χ1) is 23.9. The van der Waals surface area contributed by atoms with Crippen LogP contribution >= 0.6 is 0 Å². The van der Waals surface area contributed by atoms with Crippen molar-refractivity contribution < 1.29 is 37.7 Å². The van der Waals surface area contributed by atoms with Crippen LogP contribution in [-0.2, 0) is 14.2 Å². The first-order valence-electron chi connectivity index (χ1n) is 17.2. The number of esters is 1. The Hall–Kier alpha value is -4.38. The van der Waals surface area contributed by atoms with E-state index in [-0.39, 0.29) is 34.7 Å². The zero-order valence-corrected chi connectivity index (χ0v) is 28.4. The van der Waals surface area contributed by atoms with Crippen molar-refractivity contribution in [3.63, 3.8) is 0 Å². The van der Waals surface area contributed by atoms with Crippen LogP contribution in [0.2, 0.25) is 0 Å². The number of halogens is 1. The van der Waals surface area contributed by atoms with Gasteiger partial charge in [0.05, 0.1) is 24.4 Å². The molecule has 3 fully saturated rings. The fraction of sp³-hybridized carbons (Fsp3) is 0.425. The maximum Gasteiger partial charge on any atom is 0.345 e. The van der Waals surface area contributed by atoms with E-state index >= 15 is 0 Å². The topological polar surface area (TPSA) is 117 Å². The molecule has 4 heterocycles. The predicted molar refractivity (Wildman–Crippen MR) is 180 cm³/mol. The van der Waals surface area contributed by atoms with E-state index in [1.54, 1.807) is 30.6 Å². The fourth-order valence-electron chi connectivity index (χ4n) is 9.54. The Bertz CT molecular complexity index is 1980. The van der Waals surface area contributed by atoms with Crippen LogP contribution in [0.5, 0.6) is 5.75 Å². The van der Waals surface area contributed by atoms with Crippen LogP contribution in [0.3, 0.4) is 0 Å². The maximum atomic E-state index is 13.8. The van der Waals surface area contributed by atoms with Crippen LogP contribution in [-0.4, -0.2) is 40.5 Å². The van der Waals surface area contributed by atoms with Crippen LogP contribution in [0.1, 0.15) is 79.5 Å². The number of aliphatic hydroxyl groups is 1. The van der Waals surface area contributed by atoms with Crippen LogP contribution < -0.4 is 10.4 Å². The van der Waals surface area contributed by atoms with E-state index in [0.717, 1.165) is 11.1 Å². The second-order valence-corrected chi connectivity index (χ2v) is 15.0. The van der Waals surface area contributed by atoms with E-state index in [9.17, 15) is 19.1 Å². The van der Waals surface area contributed by atoms with Crippen molar-refractivity contribution in [2.45, 2.75) is 77.2 Å². The second-order valence-electron chi connectivity index (χ2n) is 15.0. The number of aliphatic hydroxyl groups excluding tert-OH is 1. The Morgan fingerprint density at radius 3 is 2.52 bits per heavy atom. The number of fused-ring (bicyclic) bond motifs is 6. The van der Waals surface area contributed by atoms with Gasteiger partial charge in [0.25, 0.3) is 0 Å². The predicted octanol–water partition coefficient (Wildman–Crippen LogP) is 7.12. The van der Waals surface area contributed by atoms with Crippen molar-refractivity contribution in [2.75, 3.05) is 6.61 Å². The number of rotatable bonds is 4. The molecule has 2 aliphatic heterocycles. The summed E-state index contributed by atoms with van der Waals surface area (Å²) in [5.41, 5.74) is -0.227. The first-order valence-corrected chi connectivity index (χ1v) is 17.2. The zero-order valence-electron chi connectivity index (χ0n) is 28.4. The van der Waals surface area contributed by atoms with E-state index in [2.05, 4.69) is 18.8 Å². The number of hydrogen-bond donors (Lipinski definition) is 1. The quantitative estimate of drug-likeness (QED) is 0.225. The SMILES string of the molecule is Cc1ccc([C@@H]2OC[C@@]3(C)C4C[C@H](OC(=O)c5ccc(F)cc5)[C@@]5(C)Oc6cc(-c7cccnc7)oc(=O)c6C(O)C5[C@@]4(C)CC[C@@H]3O2)cc1. The molecule has 9 atom stereocenters. The highest BCUT2D eigenvalue weighted by molar-refractivity contribution is 5.89. The van der Waals surface area contributed by atoms with E-state index < -0.39 is 58.3 Å². The Kier molecular flexibility index (Phi) is 7.78. The lowest BCUT2D eigenvalue weighted by molar-refractivity contribution is -0.330. The Morgan fingerprint density at radius 1 is 1.04 bits per heavy atom. The van der Waals surface area contributed by atoms with Gasteiger partial charge in [-0.15, -0.1) is 0 Å². The fourth-order valence-corrected chi connectivity index (χ4v) is 9.54. The minimum Gasteiger partial charge on any atom is -0.482 e. The largest absolute Gasteiger partial charge is 0.482 e. The van der Waals surface area contributed by atoms with E-state index in [1.165, 1.54) is 24.3 Å². The number of hydrogen-bond acceptors (Lipinski definition) is 9. The molecule has 2 aromatic heterocycles. The van der Waals surface area contributed by atoms with Crippen LogP contribution in [0, 0.1) is 35.4 Å². The lowest BCUT2D eigenvalue weighted by Crippen LogP contribution is -2.71. The smallest absolute Gasteiger partial charge is 0.345 e. The highest BCUT2D eigenvalue weighted by Crippen LogP contribution is 2.68. The van der Waals surface area contributed by atoms with Gasteiger partial charge in [-0.25, -0.2) is 14.0 Å². The van der Waals surface area contributed by atoms with Crippen molar-refractivity contribution in [1.29, 1.82) is 0 Å². The average molecular weight is 682 g/mol. The van der Waals surface area contributed by atoms with Gasteiger partial charge in [0, 0.05) is 40.9 Å². The molecule has 3 unspecified atom stereocenters. The minimum atomic E-state index is -1.30. The highest BCUT2D eigenvalue weighted by atomic mass is 19.1. The van der Waals surface area contributed by atoms with Crippen molar-refractivity contribution in [3.05, 3.63) is 118 Å². The van der Waals surface area contributed by atoms with Crippen molar-refractivity contribution in [1.82, 2.24) is 4.98 Å². The minimum absolute atomic E-state index is 0.0356. The third-order valence-corrected chi connectivity index (χ3v) is 12.0. The first kappa shape index (κ1) is 32.8. The molecule has 260 valence electrons. The van der Waals surface area contributed by atoms with Gasteiger partial charge in [0.15, 0.2) is 6.29 Å². The van der Waals surface area contributed by atoms with Gasteiger partial charge in [-0.05, 0) is 80.8 Å². The molecule has 8 rings (SSSR count). The van der Waals surface area contributed by atoms with Gasteiger partial charge in [-0.2, -0.15) is 0 Å². The van der Waals surface area contributed by atoms with Crippen LogP contribution in [0.4, 0.5) is 4.39 Å². The van der Waals surface area contributed by atoms with Gasteiger partial charge in [0.1, 0.15) is 34.6 Å². The molecule has 1 N–H and O–H groups in total. The molecule has 2 aliphatic carbocycles. The number of carbonyl (C=O) groups excluding carboxylic acids is 1. The van der Waals surface area contributed by atoms with Crippen molar-refractivity contribution in [2.24, 2.45) is 22.7 Å². The van der Waals surface area contributed by atoms with E-state index in [4.69, 9.17) is 23.4 Å². The molecule has 0 bridgehead atoms. The van der Waals surface area contributed by atoms with Gasteiger partial charge in [-0.3, -0.25) is 4.98 Å². The summed E-state index contributed by atoms with van der Waals surface area (Å²) in [6, 6.07) is 18.4. The number of aromatic nitrogens is 1. The summed E-state index contributed by atoms with van der Waals surface area (Å²) < 4.78 is 45.8. The van der Waals surface area contributed by atoms with E-state index in [0.29, 0.717) is 31.4 Å². The Morgan fingerprint density at radius 2 is 1.80 bits per heavy atom.